The third-order valence-corrected chi connectivity index (χ3v) is 1.33. The molecule has 0 rings (SSSR count). The Hall–Kier alpha value is -0.590. The van der Waals surface area contributed by atoms with Crippen LogP contribution in [0.3, 0.4) is 0 Å². The second kappa shape index (κ2) is 4.30. The molecule has 0 aliphatic heterocycles. The van der Waals surface area contributed by atoms with Crippen molar-refractivity contribution in [3.05, 3.63) is 11.6 Å². The fourth-order valence-corrected chi connectivity index (χ4v) is 0.760. The summed E-state index contributed by atoms with van der Waals surface area (Å²) < 4.78 is 0. The SMILES string of the molecule is CCC(=CC(C)=N)CC. The van der Waals surface area contributed by atoms with Crippen LogP contribution in [0.4, 0.5) is 0 Å². The highest BCUT2D eigenvalue weighted by atomic mass is 14.4. The molecule has 0 unspecified atom stereocenters. The van der Waals surface area contributed by atoms with Crippen molar-refractivity contribution in [1.29, 1.82) is 5.41 Å². The summed E-state index contributed by atoms with van der Waals surface area (Å²) in [5, 5.41) is 7.15. The van der Waals surface area contributed by atoms with Crippen LogP contribution in [-0.2, 0) is 0 Å². The molecule has 1 N–H and O–H groups in total. The molecule has 0 amide bonds. The monoisotopic (exact) mass is 125 g/mol. The fraction of sp³-hybridized carbons (Fsp3) is 0.625. The zero-order valence-electron chi connectivity index (χ0n) is 6.49. The van der Waals surface area contributed by atoms with Crippen molar-refractivity contribution in [2.45, 2.75) is 33.6 Å². The van der Waals surface area contributed by atoms with Crippen molar-refractivity contribution < 1.29 is 0 Å². The smallest absolute Gasteiger partial charge is 0.0282 e. The summed E-state index contributed by atoms with van der Waals surface area (Å²) in [7, 11) is 0. The first kappa shape index (κ1) is 8.41. The van der Waals surface area contributed by atoms with Crippen LogP contribution in [0.1, 0.15) is 33.6 Å². The minimum atomic E-state index is 0.661. The summed E-state index contributed by atoms with van der Waals surface area (Å²) in [5.41, 5.74) is 2.02. The lowest BCUT2D eigenvalue weighted by Crippen LogP contribution is -1.85. The molecular formula is C8H15N. The molecule has 1 heteroatoms. The predicted octanol–water partition coefficient (Wildman–Crippen LogP) is 2.77. The van der Waals surface area contributed by atoms with E-state index < -0.39 is 0 Å². The molecule has 0 saturated carbocycles. The molecule has 0 saturated heterocycles. The maximum Gasteiger partial charge on any atom is 0.0282 e. The van der Waals surface area contributed by atoms with Crippen molar-refractivity contribution in [2.24, 2.45) is 0 Å². The average molecular weight is 125 g/mol. The van der Waals surface area contributed by atoms with Crippen molar-refractivity contribution >= 4 is 5.71 Å². The van der Waals surface area contributed by atoms with E-state index in [9.17, 15) is 0 Å². The molecule has 0 aliphatic carbocycles. The summed E-state index contributed by atoms with van der Waals surface area (Å²) in [6, 6.07) is 0. The Morgan fingerprint density at radius 2 is 1.78 bits per heavy atom. The highest BCUT2D eigenvalue weighted by Crippen LogP contribution is 2.04. The van der Waals surface area contributed by atoms with E-state index >= 15 is 0 Å². The molecule has 0 bridgehead atoms. The van der Waals surface area contributed by atoms with Gasteiger partial charge in [-0.2, -0.15) is 0 Å². The molecule has 1 nitrogen and oxygen atoms in total. The molecule has 0 aromatic carbocycles. The van der Waals surface area contributed by atoms with Gasteiger partial charge in [0, 0.05) is 5.71 Å². The molecule has 0 radical (unpaired) electrons. The predicted molar refractivity (Wildman–Crippen MR) is 42.1 cm³/mol. The van der Waals surface area contributed by atoms with E-state index in [0.717, 1.165) is 12.8 Å². The highest BCUT2D eigenvalue weighted by Gasteiger charge is 1.88. The Kier molecular flexibility index (Phi) is 4.02. The van der Waals surface area contributed by atoms with Crippen LogP contribution in [-0.4, -0.2) is 5.71 Å². The standard InChI is InChI=1S/C8H15N/c1-4-8(5-2)6-7(3)9/h6,9H,4-5H2,1-3H3. The summed E-state index contributed by atoms with van der Waals surface area (Å²) in [4.78, 5) is 0. The molecule has 52 valence electrons. The van der Waals surface area contributed by atoms with Crippen LogP contribution < -0.4 is 0 Å². The van der Waals surface area contributed by atoms with Crippen LogP contribution >= 0.6 is 0 Å². The Balaban J connectivity index is 3.91. The van der Waals surface area contributed by atoms with E-state index in [1.807, 2.05) is 13.0 Å². The van der Waals surface area contributed by atoms with Gasteiger partial charge in [0.2, 0.25) is 0 Å². The maximum atomic E-state index is 7.15. The van der Waals surface area contributed by atoms with Gasteiger partial charge in [-0.25, -0.2) is 0 Å². The van der Waals surface area contributed by atoms with Crippen molar-refractivity contribution in [3.8, 4) is 0 Å². The van der Waals surface area contributed by atoms with Gasteiger partial charge in [0.15, 0.2) is 0 Å². The normalized spacial score (nSPS) is 8.78. The third kappa shape index (κ3) is 3.95. The van der Waals surface area contributed by atoms with E-state index in [4.69, 9.17) is 5.41 Å². The zero-order valence-corrected chi connectivity index (χ0v) is 6.49. The Morgan fingerprint density at radius 3 is 1.89 bits per heavy atom. The van der Waals surface area contributed by atoms with Gasteiger partial charge in [0.1, 0.15) is 0 Å². The molecule has 9 heavy (non-hydrogen) atoms. The summed E-state index contributed by atoms with van der Waals surface area (Å²) in [6.45, 7) is 6.06. The van der Waals surface area contributed by atoms with Gasteiger partial charge in [-0.1, -0.05) is 19.4 Å². The molecule has 0 aromatic heterocycles. The van der Waals surface area contributed by atoms with Crippen LogP contribution in [0.5, 0.6) is 0 Å². The number of hydrogen-bond acceptors (Lipinski definition) is 1. The Labute approximate surface area is 57.3 Å². The zero-order chi connectivity index (χ0) is 7.28. The van der Waals surface area contributed by atoms with Gasteiger partial charge < -0.3 is 5.41 Å². The molecule has 0 spiro atoms. The van der Waals surface area contributed by atoms with Crippen molar-refractivity contribution in [1.82, 2.24) is 0 Å². The molecule has 0 atom stereocenters. The van der Waals surface area contributed by atoms with Crippen LogP contribution in [0.15, 0.2) is 11.6 Å². The largest absolute Gasteiger partial charge is 0.306 e. The molecular weight excluding hydrogens is 110 g/mol. The quantitative estimate of drug-likeness (QED) is 0.561. The van der Waals surface area contributed by atoms with Gasteiger partial charge in [0.25, 0.3) is 0 Å². The lowest BCUT2D eigenvalue weighted by atomic mass is 10.1. The van der Waals surface area contributed by atoms with E-state index in [1.165, 1.54) is 5.57 Å². The fourth-order valence-electron chi connectivity index (χ4n) is 0.760. The minimum Gasteiger partial charge on any atom is -0.306 e. The average Bonchev–Trinajstić information content (AvgIpc) is 1.82. The second-order valence-electron chi connectivity index (χ2n) is 2.19. The topological polar surface area (TPSA) is 23.9 Å². The lowest BCUT2D eigenvalue weighted by molar-refractivity contribution is 0.980. The number of hydrogen-bond donors (Lipinski definition) is 1. The third-order valence-electron chi connectivity index (χ3n) is 1.33. The van der Waals surface area contributed by atoms with Crippen LogP contribution in [0, 0.1) is 5.41 Å². The van der Waals surface area contributed by atoms with E-state index in [0.29, 0.717) is 5.71 Å². The summed E-state index contributed by atoms with van der Waals surface area (Å²) in [5.74, 6) is 0. The van der Waals surface area contributed by atoms with Crippen LogP contribution in [0.2, 0.25) is 0 Å². The lowest BCUT2D eigenvalue weighted by Gasteiger charge is -1.96. The van der Waals surface area contributed by atoms with Gasteiger partial charge in [-0.05, 0) is 25.8 Å². The Morgan fingerprint density at radius 1 is 1.33 bits per heavy atom. The molecule has 0 heterocycles. The Bertz CT molecular complexity index is 117. The van der Waals surface area contributed by atoms with Crippen LogP contribution in [0.25, 0.3) is 0 Å². The second-order valence-corrected chi connectivity index (χ2v) is 2.19. The van der Waals surface area contributed by atoms with Gasteiger partial charge >= 0.3 is 0 Å². The summed E-state index contributed by atoms with van der Waals surface area (Å²) >= 11 is 0. The van der Waals surface area contributed by atoms with E-state index in [-0.39, 0.29) is 0 Å². The van der Waals surface area contributed by atoms with Crippen molar-refractivity contribution in [3.63, 3.8) is 0 Å². The first-order valence-electron chi connectivity index (χ1n) is 3.45. The van der Waals surface area contributed by atoms with E-state index in [1.54, 1.807) is 0 Å². The van der Waals surface area contributed by atoms with E-state index in [2.05, 4.69) is 13.8 Å². The maximum absolute atomic E-state index is 7.15. The van der Waals surface area contributed by atoms with Gasteiger partial charge in [-0.3, -0.25) is 0 Å². The molecule has 0 aromatic rings. The highest BCUT2D eigenvalue weighted by molar-refractivity contribution is 5.90. The first-order valence-corrected chi connectivity index (χ1v) is 3.45. The number of rotatable bonds is 3. The van der Waals surface area contributed by atoms with Gasteiger partial charge in [-0.15, -0.1) is 0 Å². The number of nitrogens with one attached hydrogen (secondary N) is 1. The summed E-state index contributed by atoms with van der Waals surface area (Å²) in [6.07, 6.45) is 4.10. The van der Waals surface area contributed by atoms with Crippen molar-refractivity contribution in [2.75, 3.05) is 0 Å². The van der Waals surface area contributed by atoms with Gasteiger partial charge in [0.05, 0.1) is 0 Å². The minimum absolute atomic E-state index is 0.661. The first-order chi connectivity index (χ1) is 4.20. The number of allylic oxidation sites excluding steroid dienone is 2. The molecule has 0 aliphatic rings. The molecule has 0 fully saturated rings.